The molecule has 2 fully saturated rings. The molecule has 0 bridgehead atoms. The monoisotopic (exact) mass is 494 g/mol. The third-order valence-corrected chi connectivity index (χ3v) is 6.56. The average molecular weight is 495 g/mol. The molecule has 0 aromatic heterocycles. The molecule has 1 amide bonds. The van der Waals surface area contributed by atoms with Crippen LogP contribution in [0, 0.1) is 11.8 Å². The lowest BCUT2D eigenvalue weighted by atomic mass is 9.83. The van der Waals surface area contributed by atoms with Gasteiger partial charge < -0.3 is 9.64 Å². The lowest BCUT2D eigenvalue weighted by molar-refractivity contribution is -0.143. The summed E-state index contributed by atoms with van der Waals surface area (Å²) in [5, 5.41) is 0. The Balaban J connectivity index is 1.83. The van der Waals surface area contributed by atoms with Crippen LogP contribution in [-0.2, 0) is 28.4 Å². The Hall–Kier alpha value is -1.81. The first kappa shape index (κ1) is 26.8. The molecule has 10 heteroatoms. The normalized spacial score (nSPS) is 22.9. The number of morpholine rings is 1. The SMILES string of the molecule is CC(C)CC1CCN(Cc2cc(C(F)(F)F)cc(C(F)(F)F)c2)C(CC(=O)N2CCOCC2)C1. The molecule has 2 atom stereocenters. The zero-order valence-corrected chi connectivity index (χ0v) is 19.5. The molecule has 192 valence electrons. The number of nitrogens with zero attached hydrogens (tertiary/aromatic N) is 2. The highest BCUT2D eigenvalue weighted by Crippen LogP contribution is 2.37. The summed E-state index contributed by atoms with van der Waals surface area (Å²) in [5.41, 5.74) is -2.67. The Morgan fingerprint density at radius 2 is 1.59 bits per heavy atom. The molecular formula is C24H32F6N2O2. The third-order valence-electron chi connectivity index (χ3n) is 6.56. The van der Waals surface area contributed by atoms with Gasteiger partial charge in [-0.3, -0.25) is 9.69 Å². The van der Waals surface area contributed by atoms with Crippen molar-refractivity contribution in [3.63, 3.8) is 0 Å². The predicted molar refractivity (Wildman–Crippen MR) is 115 cm³/mol. The molecule has 2 saturated heterocycles. The van der Waals surface area contributed by atoms with Crippen molar-refractivity contribution >= 4 is 5.91 Å². The number of amides is 1. The number of carbonyl (C=O) groups is 1. The molecule has 4 nitrogen and oxygen atoms in total. The van der Waals surface area contributed by atoms with Crippen LogP contribution in [0.15, 0.2) is 18.2 Å². The van der Waals surface area contributed by atoms with E-state index in [1.54, 1.807) is 4.90 Å². The summed E-state index contributed by atoms with van der Waals surface area (Å²) in [6, 6.07) is 1.49. The summed E-state index contributed by atoms with van der Waals surface area (Å²) < 4.78 is 85.1. The lowest BCUT2D eigenvalue weighted by Gasteiger charge is -2.41. The van der Waals surface area contributed by atoms with Gasteiger partial charge in [0.2, 0.25) is 5.91 Å². The minimum Gasteiger partial charge on any atom is -0.378 e. The van der Waals surface area contributed by atoms with E-state index < -0.39 is 23.5 Å². The van der Waals surface area contributed by atoms with Crippen LogP contribution in [0.2, 0.25) is 0 Å². The number of hydrogen-bond acceptors (Lipinski definition) is 3. The maximum Gasteiger partial charge on any atom is 0.416 e. The summed E-state index contributed by atoms with van der Waals surface area (Å²) >= 11 is 0. The molecule has 2 heterocycles. The van der Waals surface area contributed by atoms with Crippen molar-refractivity contribution < 1.29 is 35.9 Å². The van der Waals surface area contributed by atoms with Crippen LogP contribution in [0.25, 0.3) is 0 Å². The zero-order valence-electron chi connectivity index (χ0n) is 19.5. The number of likely N-dealkylation sites (tertiary alicyclic amines) is 1. The van der Waals surface area contributed by atoms with Gasteiger partial charge in [-0.15, -0.1) is 0 Å². The molecule has 0 radical (unpaired) electrons. The summed E-state index contributed by atoms with van der Waals surface area (Å²) in [7, 11) is 0. The quantitative estimate of drug-likeness (QED) is 0.483. The first-order chi connectivity index (χ1) is 15.8. The Morgan fingerprint density at radius 1 is 1.00 bits per heavy atom. The largest absolute Gasteiger partial charge is 0.416 e. The number of piperidine rings is 1. The molecule has 3 rings (SSSR count). The van der Waals surface area contributed by atoms with Crippen molar-refractivity contribution in [2.75, 3.05) is 32.8 Å². The van der Waals surface area contributed by atoms with Crippen molar-refractivity contribution in [3.8, 4) is 0 Å². The minimum absolute atomic E-state index is 0.0479. The highest BCUT2D eigenvalue weighted by Gasteiger charge is 2.38. The van der Waals surface area contributed by atoms with Gasteiger partial charge in [-0.25, -0.2) is 0 Å². The second kappa shape index (κ2) is 10.8. The van der Waals surface area contributed by atoms with Gasteiger partial charge in [0.05, 0.1) is 24.3 Å². The number of carbonyl (C=O) groups excluding carboxylic acids is 1. The minimum atomic E-state index is -4.88. The van der Waals surface area contributed by atoms with Gasteiger partial charge in [0.1, 0.15) is 0 Å². The van der Waals surface area contributed by atoms with Crippen molar-refractivity contribution in [2.24, 2.45) is 11.8 Å². The second-order valence-corrected chi connectivity index (χ2v) is 9.76. The Morgan fingerprint density at radius 3 is 2.12 bits per heavy atom. The average Bonchev–Trinajstić information content (AvgIpc) is 2.74. The molecule has 0 spiro atoms. The topological polar surface area (TPSA) is 32.8 Å². The van der Waals surface area contributed by atoms with Crippen molar-refractivity contribution in [3.05, 3.63) is 34.9 Å². The van der Waals surface area contributed by atoms with E-state index in [2.05, 4.69) is 13.8 Å². The molecule has 1 aromatic carbocycles. The highest BCUT2D eigenvalue weighted by molar-refractivity contribution is 5.77. The van der Waals surface area contributed by atoms with E-state index in [9.17, 15) is 31.1 Å². The Kier molecular flexibility index (Phi) is 8.55. The van der Waals surface area contributed by atoms with Crippen LogP contribution in [0.1, 0.15) is 56.2 Å². The second-order valence-electron chi connectivity index (χ2n) is 9.76. The summed E-state index contributed by atoms with van der Waals surface area (Å²) in [4.78, 5) is 16.5. The highest BCUT2D eigenvalue weighted by atomic mass is 19.4. The molecule has 0 aliphatic carbocycles. The van der Waals surface area contributed by atoms with Crippen molar-refractivity contribution in [1.29, 1.82) is 0 Å². The Labute approximate surface area is 196 Å². The van der Waals surface area contributed by atoms with Gasteiger partial charge in [-0.05, 0) is 61.4 Å². The van der Waals surface area contributed by atoms with Gasteiger partial charge in [0.15, 0.2) is 0 Å². The van der Waals surface area contributed by atoms with Gasteiger partial charge in [0.25, 0.3) is 0 Å². The van der Waals surface area contributed by atoms with Gasteiger partial charge in [0, 0.05) is 32.1 Å². The zero-order chi connectivity index (χ0) is 25.1. The third kappa shape index (κ3) is 7.34. The summed E-state index contributed by atoms with van der Waals surface area (Å²) in [6.45, 7) is 6.58. The van der Waals surface area contributed by atoms with Crippen LogP contribution in [0.5, 0.6) is 0 Å². The van der Waals surface area contributed by atoms with Crippen molar-refractivity contribution in [1.82, 2.24) is 9.80 Å². The van der Waals surface area contributed by atoms with Crippen molar-refractivity contribution in [2.45, 2.75) is 64.5 Å². The van der Waals surface area contributed by atoms with Crippen LogP contribution in [0.4, 0.5) is 26.3 Å². The van der Waals surface area contributed by atoms with Gasteiger partial charge in [-0.2, -0.15) is 26.3 Å². The maximum absolute atomic E-state index is 13.3. The summed E-state index contributed by atoms with van der Waals surface area (Å²) in [5.74, 6) is 0.777. The van der Waals surface area contributed by atoms with E-state index in [1.165, 1.54) is 0 Å². The molecule has 2 aliphatic heterocycles. The number of ether oxygens (including phenoxy) is 1. The number of halogens is 6. The number of rotatable bonds is 6. The van der Waals surface area contributed by atoms with E-state index in [4.69, 9.17) is 4.74 Å². The fourth-order valence-corrected chi connectivity index (χ4v) is 4.97. The number of benzene rings is 1. The van der Waals surface area contributed by atoms with E-state index in [0.29, 0.717) is 51.1 Å². The van der Waals surface area contributed by atoms with E-state index in [1.807, 2.05) is 4.90 Å². The smallest absolute Gasteiger partial charge is 0.378 e. The van der Waals surface area contributed by atoms with Gasteiger partial charge >= 0.3 is 12.4 Å². The molecule has 34 heavy (non-hydrogen) atoms. The Bertz CT molecular complexity index is 801. The predicted octanol–water partition coefficient (Wildman–Crippen LogP) is 5.60. The summed E-state index contributed by atoms with van der Waals surface area (Å²) in [6.07, 6.45) is -7.11. The molecule has 0 saturated carbocycles. The molecule has 2 unspecified atom stereocenters. The number of hydrogen-bond donors (Lipinski definition) is 0. The van der Waals surface area contributed by atoms with Crippen LogP contribution >= 0.6 is 0 Å². The van der Waals surface area contributed by atoms with Crippen LogP contribution < -0.4 is 0 Å². The van der Waals surface area contributed by atoms with Crippen LogP contribution in [-0.4, -0.2) is 54.6 Å². The molecular weight excluding hydrogens is 462 g/mol. The molecule has 2 aliphatic rings. The molecule has 1 aromatic rings. The fraction of sp³-hybridized carbons (Fsp3) is 0.708. The first-order valence-corrected chi connectivity index (χ1v) is 11.7. The lowest BCUT2D eigenvalue weighted by Crippen LogP contribution is -2.47. The first-order valence-electron chi connectivity index (χ1n) is 11.7. The number of alkyl halides is 6. The fourth-order valence-electron chi connectivity index (χ4n) is 4.97. The van der Waals surface area contributed by atoms with E-state index in [0.717, 1.165) is 25.0 Å². The van der Waals surface area contributed by atoms with E-state index in [-0.39, 0.29) is 36.5 Å². The maximum atomic E-state index is 13.3. The molecule has 0 N–H and O–H groups in total. The van der Waals surface area contributed by atoms with Gasteiger partial charge in [-0.1, -0.05) is 13.8 Å². The van der Waals surface area contributed by atoms with Crippen LogP contribution in [0.3, 0.4) is 0 Å². The standard InChI is InChI=1S/C24H32F6N2O2/c1-16(2)9-17-3-4-32(21(12-17)14-22(33)31-5-7-34-8-6-31)15-18-10-19(23(25,26)27)13-20(11-18)24(28,29)30/h10-11,13,16-17,21H,3-9,12,14-15H2,1-2H3. The van der Waals surface area contributed by atoms with E-state index >= 15 is 0 Å².